The van der Waals surface area contributed by atoms with Gasteiger partial charge >= 0.3 is 6.18 Å². The second-order valence-corrected chi connectivity index (χ2v) is 3.35. The fourth-order valence-electron chi connectivity index (χ4n) is 1.12. The highest BCUT2D eigenvalue weighted by molar-refractivity contribution is 9.08. The Labute approximate surface area is 88.5 Å². The van der Waals surface area contributed by atoms with Gasteiger partial charge in [0, 0.05) is 11.0 Å². The van der Waals surface area contributed by atoms with Crippen molar-refractivity contribution in [1.29, 1.82) is 0 Å². The lowest BCUT2D eigenvalue weighted by atomic mass is 10.1. The predicted octanol–water partition coefficient (Wildman–Crippen LogP) is 3.56. The molecule has 0 aliphatic heterocycles. The van der Waals surface area contributed by atoms with Gasteiger partial charge in [-0.15, -0.1) is 0 Å². The SMILES string of the molecule is CCc1nc(C(F)(F)F)ccc1CBr. The Morgan fingerprint density at radius 1 is 1.36 bits per heavy atom. The fraction of sp³-hybridized carbons (Fsp3) is 0.444. The number of aryl methyl sites for hydroxylation is 1. The van der Waals surface area contributed by atoms with Crippen molar-refractivity contribution in [1.82, 2.24) is 4.98 Å². The molecule has 1 aromatic rings. The molecule has 0 saturated heterocycles. The Morgan fingerprint density at radius 2 is 2.00 bits per heavy atom. The van der Waals surface area contributed by atoms with Crippen molar-refractivity contribution < 1.29 is 13.2 Å². The largest absolute Gasteiger partial charge is 0.433 e. The van der Waals surface area contributed by atoms with E-state index in [1.54, 1.807) is 6.92 Å². The van der Waals surface area contributed by atoms with Crippen LogP contribution >= 0.6 is 15.9 Å². The van der Waals surface area contributed by atoms with E-state index in [1.807, 2.05) is 0 Å². The van der Waals surface area contributed by atoms with E-state index in [9.17, 15) is 13.2 Å². The van der Waals surface area contributed by atoms with Crippen LogP contribution in [0.15, 0.2) is 12.1 Å². The number of nitrogens with zero attached hydrogens (tertiary/aromatic N) is 1. The Balaban J connectivity index is 3.14. The topological polar surface area (TPSA) is 12.9 Å². The van der Waals surface area contributed by atoms with Crippen molar-refractivity contribution >= 4 is 15.9 Å². The highest BCUT2D eigenvalue weighted by Gasteiger charge is 2.32. The van der Waals surface area contributed by atoms with Gasteiger partial charge in [-0.3, -0.25) is 0 Å². The van der Waals surface area contributed by atoms with Crippen molar-refractivity contribution in [2.45, 2.75) is 24.9 Å². The molecule has 0 radical (unpaired) electrons. The van der Waals surface area contributed by atoms with Gasteiger partial charge in [0.05, 0.1) is 0 Å². The molecular weight excluding hydrogens is 259 g/mol. The molecule has 0 saturated carbocycles. The van der Waals surface area contributed by atoms with E-state index >= 15 is 0 Å². The van der Waals surface area contributed by atoms with Gasteiger partial charge in [-0.2, -0.15) is 13.2 Å². The zero-order valence-electron chi connectivity index (χ0n) is 7.53. The summed E-state index contributed by atoms with van der Waals surface area (Å²) in [6.45, 7) is 1.79. The summed E-state index contributed by atoms with van der Waals surface area (Å²) in [5.41, 5.74) is 0.483. The van der Waals surface area contributed by atoms with Gasteiger partial charge in [0.15, 0.2) is 0 Å². The third-order valence-electron chi connectivity index (χ3n) is 1.84. The first kappa shape index (κ1) is 11.5. The summed E-state index contributed by atoms with van der Waals surface area (Å²) in [5, 5.41) is 0.529. The summed E-state index contributed by atoms with van der Waals surface area (Å²) < 4.78 is 36.8. The molecule has 0 aliphatic rings. The number of aromatic nitrogens is 1. The first-order chi connectivity index (χ1) is 6.49. The van der Waals surface area contributed by atoms with Crippen LogP contribution in [0.4, 0.5) is 13.2 Å². The Hall–Kier alpha value is -0.580. The number of hydrogen-bond acceptors (Lipinski definition) is 1. The molecule has 5 heteroatoms. The lowest BCUT2D eigenvalue weighted by molar-refractivity contribution is -0.141. The molecule has 1 heterocycles. The number of alkyl halides is 4. The fourth-order valence-corrected chi connectivity index (χ4v) is 1.63. The van der Waals surface area contributed by atoms with Crippen molar-refractivity contribution in [3.05, 3.63) is 29.1 Å². The van der Waals surface area contributed by atoms with Crippen molar-refractivity contribution in [3.8, 4) is 0 Å². The van der Waals surface area contributed by atoms with Gasteiger partial charge in [0.25, 0.3) is 0 Å². The van der Waals surface area contributed by atoms with Gasteiger partial charge in [-0.1, -0.05) is 28.9 Å². The molecule has 0 unspecified atom stereocenters. The minimum Gasteiger partial charge on any atom is -0.248 e. The van der Waals surface area contributed by atoms with Crippen molar-refractivity contribution in [3.63, 3.8) is 0 Å². The number of pyridine rings is 1. The van der Waals surface area contributed by atoms with E-state index in [0.29, 0.717) is 17.4 Å². The number of halogens is 4. The molecule has 1 aromatic heterocycles. The van der Waals surface area contributed by atoms with Crippen LogP contribution in [-0.2, 0) is 17.9 Å². The molecule has 0 N–H and O–H groups in total. The molecule has 78 valence electrons. The Morgan fingerprint density at radius 3 is 2.43 bits per heavy atom. The average Bonchev–Trinajstić information content (AvgIpc) is 2.15. The molecule has 1 rings (SSSR count). The zero-order valence-corrected chi connectivity index (χ0v) is 9.11. The van der Waals surface area contributed by atoms with E-state index in [1.165, 1.54) is 6.07 Å². The molecule has 0 bridgehead atoms. The average molecular weight is 268 g/mol. The molecule has 0 fully saturated rings. The summed E-state index contributed by atoms with van der Waals surface area (Å²) in [6.07, 6.45) is -3.85. The van der Waals surface area contributed by atoms with Crippen LogP contribution in [0.5, 0.6) is 0 Å². The van der Waals surface area contributed by atoms with Crippen LogP contribution < -0.4 is 0 Å². The summed E-state index contributed by atoms with van der Waals surface area (Å²) in [4.78, 5) is 3.58. The maximum absolute atomic E-state index is 12.3. The second-order valence-electron chi connectivity index (χ2n) is 2.79. The van der Waals surface area contributed by atoms with E-state index in [0.717, 1.165) is 11.6 Å². The van der Waals surface area contributed by atoms with Gasteiger partial charge in [-0.05, 0) is 18.1 Å². The quantitative estimate of drug-likeness (QED) is 0.747. The Bertz CT molecular complexity index is 322. The summed E-state index contributed by atoms with van der Waals surface area (Å²) in [7, 11) is 0. The second kappa shape index (κ2) is 4.29. The standard InChI is InChI=1S/C9H9BrF3N/c1-2-7-6(5-10)3-4-8(14-7)9(11,12)13/h3-4H,2,5H2,1H3. The third kappa shape index (κ3) is 2.47. The molecule has 0 atom stereocenters. The molecule has 14 heavy (non-hydrogen) atoms. The van der Waals surface area contributed by atoms with Crippen molar-refractivity contribution in [2.24, 2.45) is 0 Å². The maximum atomic E-state index is 12.3. The minimum atomic E-state index is -4.35. The molecule has 0 amide bonds. The van der Waals surface area contributed by atoms with Crippen LogP contribution in [0.3, 0.4) is 0 Å². The third-order valence-corrected chi connectivity index (χ3v) is 2.44. The summed E-state index contributed by atoms with van der Waals surface area (Å²) in [6, 6.07) is 2.47. The van der Waals surface area contributed by atoms with Gasteiger partial charge in [0.1, 0.15) is 5.69 Å². The van der Waals surface area contributed by atoms with E-state index < -0.39 is 11.9 Å². The van der Waals surface area contributed by atoms with Crippen molar-refractivity contribution in [2.75, 3.05) is 0 Å². The minimum absolute atomic E-state index is 0.497. The monoisotopic (exact) mass is 267 g/mol. The van der Waals surface area contributed by atoms with E-state index in [4.69, 9.17) is 0 Å². The van der Waals surface area contributed by atoms with E-state index in [-0.39, 0.29) is 0 Å². The molecule has 0 aromatic carbocycles. The van der Waals surface area contributed by atoms with Crippen LogP contribution in [0.25, 0.3) is 0 Å². The van der Waals surface area contributed by atoms with Crippen LogP contribution in [0, 0.1) is 0 Å². The smallest absolute Gasteiger partial charge is 0.248 e. The highest BCUT2D eigenvalue weighted by Crippen LogP contribution is 2.28. The number of hydrogen-bond donors (Lipinski definition) is 0. The van der Waals surface area contributed by atoms with Gasteiger partial charge < -0.3 is 0 Å². The van der Waals surface area contributed by atoms with Gasteiger partial charge in [0.2, 0.25) is 0 Å². The lowest BCUT2D eigenvalue weighted by Gasteiger charge is -2.09. The van der Waals surface area contributed by atoms with Crippen LogP contribution in [-0.4, -0.2) is 4.98 Å². The normalized spacial score (nSPS) is 11.8. The summed E-state index contributed by atoms with van der Waals surface area (Å²) in [5.74, 6) is 0. The first-order valence-electron chi connectivity index (χ1n) is 4.11. The zero-order chi connectivity index (χ0) is 10.8. The molecular formula is C9H9BrF3N. The molecule has 0 aliphatic carbocycles. The summed E-state index contributed by atoms with van der Waals surface area (Å²) >= 11 is 3.20. The van der Waals surface area contributed by atoms with Gasteiger partial charge in [-0.25, -0.2) is 4.98 Å². The highest BCUT2D eigenvalue weighted by atomic mass is 79.9. The molecule has 1 nitrogen and oxygen atoms in total. The maximum Gasteiger partial charge on any atom is 0.433 e. The lowest BCUT2D eigenvalue weighted by Crippen LogP contribution is -2.10. The molecule has 0 spiro atoms. The Kier molecular flexibility index (Phi) is 3.53. The van der Waals surface area contributed by atoms with Crippen LogP contribution in [0.2, 0.25) is 0 Å². The van der Waals surface area contributed by atoms with Crippen LogP contribution in [0.1, 0.15) is 23.9 Å². The number of rotatable bonds is 2. The van der Waals surface area contributed by atoms with E-state index in [2.05, 4.69) is 20.9 Å². The predicted molar refractivity (Wildman–Crippen MR) is 51.2 cm³/mol. The first-order valence-corrected chi connectivity index (χ1v) is 5.23.